The zero-order valence-electron chi connectivity index (χ0n) is 12.0. The monoisotopic (exact) mass is 313 g/mol. The minimum atomic E-state index is -3.38. The lowest BCUT2D eigenvalue weighted by molar-refractivity contribution is -0.120. The largest absolute Gasteiger partial charge is 0.338 e. The van der Waals surface area contributed by atoms with E-state index in [-0.39, 0.29) is 5.91 Å². The molecule has 21 heavy (non-hydrogen) atoms. The maximum Gasteiger partial charge on any atom is 0.245 e. The van der Waals surface area contributed by atoms with Gasteiger partial charge in [0.25, 0.3) is 0 Å². The Balaban J connectivity index is 1.77. The summed E-state index contributed by atoms with van der Waals surface area (Å²) in [6, 6.07) is -0.657. The van der Waals surface area contributed by atoms with Gasteiger partial charge in [0.1, 0.15) is 6.04 Å². The van der Waals surface area contributed by atoms with Crippen LogP contribution in [0.15, 0.2) is 4.52 Å². The maximum atomic E-state index is 12.4. The predicted octanol–water partition coefficient (Wildman–Crippen LogP) is 0.916. The van der Waals surface area contributed by atoms with Crippen molar-refractivity contribution >= 4 is 21.8 Å². The number of hydrogen-bond donors (Lipinski definition) is 1. The summed E-state index contributed by atoms with van der Waals surface area (Å²) in [6.07, 6.45) is 6.03. The molecule has 1 aromatic heterocycles. The molecule has 1 atom stereocenters. The summed E-state index contributed by atoms with van der Waals surface area (Å²) in [4.78, 5) is 12.4. The molecule has 1 aromatic rings. The first-order valence-corrected chi connectivity index (χ1v) is 9.07. The van der Waals surface area contributed by atoms with Crippen molar-refractivity contribution in [2.45, 2.75) is 44.6 Å². The van der Waals surface area contributed by atoms with Gasteiger partial charge < -0.3 is 4.52 Å². The highest BCUT2D eigenvalue weighted by atomic mass is 32.2. The highest BCUT2D eigenvalue weighted by molar-refractivity contribution is 7.88. The second-order valence-corrected chi connectivity index (χ2v) is 7.60. The number of aryl methyl sites for hydroxylation is 1. The molecule has 0 bridgehead atoms. The number of aromatic nitrogens is 1. The van der Waals surface area contributed by atoms with Crippen molar-refractivity contribution in [3.05, 3.63) is 11.3 Å². The molecule has 0 saturated carbocycles. The average molecular weight is 313 g/mol. The lowest BCUT2D eigenvalue weighted by atomic mass is 10.0. The number of carbonyl (C=O) groups excluding carboxylic acids is 1. The predicted molar refractivity (Wildman–Crippen MR) is 76.3 cm³/mol. The van der Waals surface area contributed by atoms with Gasteiger partial charge in [-0.05, 0) is 32.1 Å². The van der Waals surface area contributed by atoms with Gasteiger partial charge in [0, 0.05) is 12.1 Å². The number of piperidine rings is 1. The van der Waals surface area contributed by atoms with Gasteiger partial charge in [-0.15, -0.1) is 0 Å². The summed E-state index contributed by atoms with van der Waals surface area (Å²) >= 11 is 0. The van der Waals surface area contributed by atoms with Crippen LogP contribution in [0, 0.1) is 0 Å². The molecule has 1 aliphatic carbocycles. The van der Waals surface area contributed by atoms with Crippen molar-refractivity contribution in [2.24, 2.45) is 0 Å². The quantitative estimate of drug-likeness (QED) is 0.895. The molecule has 1 aliphatic heterocycles. The molecule has 0 radical (unpaired) electrons. The Labute approximate surface area is 123 Å². The van der Waals surface area contributed by atoms with Crippen LogP contribution in [0.2, 0.25) is 0 Å². The molecule has 2 heterocycles. The van der Waals surface area contributed by atoms with Gasteiger partial charge in [0.2, 0.25) is 21.8 Å². The molecule has 0 spiro atoms. The zero-order chi connectivity index (χ0) is 15.0. The van der Waals surface area contributed by atoms with Gasteiger partial charge in [-0.1, -0.05) is 11.6 Å². The van der Waals surface area contributed by atoms with Crippen LogP contribution in [0.1, 0.15) is 36.9 Å². The summed E-state index contributed by atoms with van der Waals surface area (Å²) in [7, 11) is -3.38. The van der Waals surface area contributed by atoms with Crippen molar-refractivity contribution in [1.82, 2.24) is 9.46 Å². The van der Waals surface area contributed by atoms with Crippen LogP contribution >= 0.6 is 0 Å². The van der Waals surface area contributed by atoms with E-state index >= 15 is 0 Å². The van der Waals surface area contributed by atoms with Gasteiger partial charge in [0.05, 0.1) is 11.9 Å². The highest BCUT2D eigenvalue weighted by Gasteiger charge is 2.35. The van der Waals surface area contributed by atoms with Crippen molar-refractivity contribution in [1.29, 1.82) is 0 Å². The molecule has 2 aliphatic rings. The first-order valence-electron chi connectivity index (χ1n) is 7.22. The van der Waals surface area contributed by atoms with E-state index in [0.29, 0.717) is 18.8 Å². The number of anilines is 1. The number of rotatable bonds is 3. The van der Waals surface area contributed by atoms with Crippen LogP contribution in [0.3, 0.4) is 0 Å². The fourth-order valence-corrected chi connectivity index (χ4v) is 4.21. The summed E-state index contributed by atoms with van der Waals surface area (Å²) in [5.41, 5.74) is 1.85. The smallest absolute Gasteiger partial charge is 0.245 e. The number of amides is 1. The molecule has 1 fully saturated rings. The summed E-state index contributed by atoms with van der Waals surface area (Å²) in [5.74, 6) is 0.0532. The van der Waals surface area contributed by atoms with Crippen LogP contribution in [-0.4, -0.2) is 42.6 Å². The number of nitrogens with one attached hydrogen (secondary N) is 1. The molecule has 3 rings (SSSR count). The number of fused-ring (bicyclic) bond motifs is 1. The molecule has 116 valence electrons. The fraction of sp³-hybridized carbons (Fsp3) is 0.692. The molecule has 1 N–H and O–H groups in total. The second-order valence-electron chi connectivity index (χ2n) is 5.67. The third kappa shape index (κ3) is 2.82. The minimum Gasteiger partial charge on any atom is -0.338 e. The van der Waals surface area contributed by atoms with E-state index in [1.807, 2.05) is 0 Å². The number of carbonyl (C=O) groups is 1. The van der Waals surface area contributed by atoms with Crippen LogP contribution in [-0.2, 0) is 27.7 Å². The molecule has 1 unspecified atom stereocenters. The summed E-state index contributed by atoms with van der Waals surface area (Å²) < 4.78 is 30.1. The van der Waals surface area contributed by atoms with Crippen LogP contribution in [0.5, 0.6) is 0 Å². The fourth-order valence-electron chi connectivity index (χ4n) is 3.09. The molecular weight excluding hydrogens is 294 g/mol. The van der Waals surface area contributed by atoms with E-state index in [1.54, 1.807) is 0 Å². The Kier molecular flexibility index (Phi) is 3.75. The number of sulfonamides is 1. The Morgan fingerprint density at radius 2 is 2.14 bits per heavy atom. The Morgan fingerprint density at radius 1 is 1.33 bits per heavy atom. The summed E-state index contributed by atoms with van der Waals surface area (Å²) in [5, 5.41) is 6.66. The van der Waals surface area contributed by atoms with Crippen LogP contribution in [0.4, 0.5) is 5.88 Å². The Bertz CT molecular complexity index is 652. The van der Waals surface area contributed by atoms with Crippen molar-refractivity contribution in [3.63, 3.8) is 0 Å². The molecule has 0 aromatic carbocycles. The number of hydrogen-bond acceptors (Lipinski definition) is 5. The van der Waals surface area contributed by atoms with Gasteiger partial charge in [0.15, 0.2) is 0 Å². The minimum absolute atomic E-state index is 0.328. The van der Waals surface area contributed by atoms with Crippen molar-refractivity contribution in [2.75, 3.05) is 18.1 Å². The molecule has 7 nitrogen and oxygen atoms in total. The molecule has 1 amide bonds. The third-order valence-electron chi connectivity index (χ3n) is 4.13. The van der Waals surface area contributed by atoms with Gasteiger partial charge >= 0.3 is 0 Å². The lowest BCUT2D eigenvalue weighted by Gasteiger charge is -2.32. The molecule has 1 saturated heterocycles. The second kappa shape index (κ2) is 5.42. The Hall–Kier alpha value is -1.41. The molecular formula is C13H19N3O4S. The van der Waals surface area contributed by atoms with E-state index in [0.717, 1.165) is 49.6 Å². The lowest BCUT2D eigenvalue weighted by Crippen LogP contribution is -2.49. The van der Waals surface area contributed by atoms with Gasteiger partial charge in [-0.2, -0.15) is 4.31 Å². The average Bonchev–Trinajstić information content (AvgIpc) is 3.03. The van der Waals surface area contributed by atoms with Crippen LogP contribution in [0.25, 0.3) is 0 Å². The first kappa shape index (κ1) is 14.5. The van der Waals surface area contributed by atoms with Gasteiger partial charge in [-0.3, -0.25) is 10.1 Å². The standard InChI is InChI=1S/C13H19N3O4S/c1-21(18,19)16-8-3-2-7-11(16)12(17)14-13-9-5-4-6-10(9)15-20-13/h11H,2-8H2,1H3,(H,14,17). The van der Waals surface area contributed by atoms with Crippen LogP contribution < -0.4 is 5.32 Å². The topological polar surface area (TPSA) is 92.5 Å². The summed E-state index contributed by atoms with van der Waals surface area (Å²) in [6.45, 7) is 0.394. The van der Waals surface area contributed by atoms with E-state index < -0.39 is 16.1 Å². The third-order valence-corrected chi connectivity index (χ3v) is 5.42. The van der Waals surface area contributed by atoms with Crippen molar-refractivity contribution < 1.29 is 17.7 Å². The zero-order valence-corrected chi connectivity index (χ0v) is 12.8. The van der Waals surface area contributed by atoms with Crippen molar-refractivity contribution in [3.8, 4) is 0 Å². The van der Waals surface area contributed by atoms with Gasteiger partial charge in [-0.25, -0.2) is 8.42 Å². The number of nitrogens with zero attached hydrogens (tertiary/aromatic N) is 2. The normalized spacial score (nSPS) is 23.0. The van der Waals surface area contributed by atoms with E-state index in [9.17, 15) is 13.2 Å². The Morgan fingerprint density at radius 3 is 2.90 bits per heavy atom. The maximum absolute atomic E-state index is 12.4. The first-order chi connectivity index (χ1) is 9.97. The van der Waals surface area contributed by atoms with E-state index in [1.165, 1.54) is 4.31 Å². The van der Waals surface area contributed by atoms with E-state index in [4.69, 9.17) is 4.52 Å². The highest BCUT2D eigenvalue weighted by Crippen LogP contribution is 2.29. The SMILES string of the molecule is CS(=O)(=O)N1CCCCC1C(=O)Nc1onc2c1CCC2. The molecule has 8 heteroatoms. The van der Waals surface area contributed by atoms with E-state index in [2.05, 4.69) is 10.5 Å².